The zero-order chi connectivity index (χ0) is 72.7. The zero-order valence-electron chi connectivity index (χ0n) is 60.1. The van der Waals surface area contributed by atoms with Gasteiger partial charge < -0.3 is 84.3 Å². The number of anilines is 3. The normalized spacial score (nSPS) is 16.1. The first kappa shape index (κ1) is 78.5. The van der Waals surface area contributed by atoms with Gasteiger partial charge in [-0.15, -0.1) is 0 Å². The molecule has 554 valence electrons. The monoisotopic (exact) mass is 1410 g/mol. The molecule has 6 unspecified atom stereocenters. The van der Waals surface area contributed by atoms with Gasteiger partial charge in [0.2, 0.25) is 0 Å². The van der Waals surface area contributed by atoms with Crippen molar-refractivity contribution in [3.63, 3.8) is 0 Å². The van der Waals surface area contributed by atoms with Crippen molar-refractivity contribution in [2.75, 3.05) is 168 Å². The third kappa shape index (κ3) is 20.0. The van der Waals surface area contributed by atoms with Crippen LogP contribution in [0.3, 0.4) is 0 Å². The van der Waals surface area contributed by atoms with Gasteiger partial charge in [-0.25, -0.2) is 0 Å². The van der Waals surface area contributed by atoms with Crippen molar-refractivity contribution in [1.29, 1.82) is 0 Å². The number of nitrogens with one attached hydrogen (secondary N) is 3. The smallest absolute Gasteiger partial charge is 0.282 e. The topological polar surface area (TPSA) is 311 Å². The second kappa shape index (κ2) is 38.8. The molecule has 6 aromatic rings. The first-order chi connectivity index (χ1) is 49.4. The van der Waals surface area contributed by atoms with Crippen molar-refractivity contribution in [2.24, 2.45) is 11.5 Å². The van der Waals surface area contributed by atoms with E-state index in [0.717, 1.165) is 39.6 Å². The van der Waals surface area contributed by atoms with Crippen molar-refractivity contribution < 1.29 is 85.6 Å². The number of carbonyl (C=O) groups excluding carboxylic acids is 6. The molecule has 6 amide bonds. The van der Waals surface area contributed by atoms with Gasteiger partial charge in [-0.2, -0.15) is 0 Å². The Hall–Kier alpha value is -7.64. The number of benzene rings is 6. The number of nitrogens with zero attached hydrogens (tertiary/aromatic N) is 3. The lowest BCUT2D eigenvalue weighted by atomic mass is 9.93. The molecular weight excluding hydrogens is 1310 g/mol. The standard InChI is InChI=1S/C76H102N8O18/c1-9-31-91-37-40-94-34-28-82-70(85)58-17-11-14-55-64(23-20-61(67(55)58)73(82)88)79-49(3)43-97-52(6)46-100-76(10-2,101-47-53(7)98-44-50(4)80-65-24-21-62-68-56(65)15-12-18-59(68)71(86)83(74(62)89)29-35-95-41-38-92-32-26-77)102-48-54(8)99-45-51(5)81-66-25-22-63-69-57(66)16-13-19-60(69)72(87)84(75(63)90)30-36-96-42-39-93-33-27-78/h11-25,49-54,79-81H,9-10,26-48,77-78H2,1-8H3. The van der Waals surface area contributed by atoms with E-state index in [0.29, 0.717) is 122 Å². The van der Waals surface area contributed by atoms with E-state index in [1.165, 1.54) is 14.7 Å². The summed E-state index contributed by atoms with van der Waals surface area (Å²) in [6.07, 6.45) is -0.194. The summed E-state index contributed by atoms with van der Waals surface area (Å²) in [7, 11) is 0. The average molecular weight is 1420 g/mol. The van der Waals surface area contributed by atoms with Crippen molar-refractivity contribution in [3.05, 3.63) is 124 Å². The number of amides is 6. The minimum Gasteiger partial charge on any atom is -0.380 e. The molecule has 6 atom stereocenters. The van der Waals surface area contributed by atoms with Crippen molar-refractivity contribution in [2.45, 2.75) is 111 Å². The number of imide groups is 3. The summed E-state index contributed by atoms with van der Waals surface area (Å²) in [5, 5.41) is 14.6. The van der Waals surface area contributed by atoms with Crippen LogP contribution < -0.4 is 27.4 Å². The predicted molar refractivity (Wildman–Crippen MR) is 388 cm³/mol. The van der Waals surface area contributed by atoms with Gasteiger partial charge in [-0.1, -0.05) is 50.2 Å². The fourth-order valence-corrected chi connectivity index (χ4v) is 12.3. The third-order valence-corrected chi connectivity index (χ3v) is 17.5. The highest BCUT2D eigenvalue weighted by Crippen LogP contribution is 2.38. The van der Waals surface area contributed by atoms with Gasteiger partial charge in [0.05, 0.1) is 150 Å². The quantitative estimate of drug-likeness (QED) is 0.0136. The largest absolute Gasteiger partial charge is 0.380 e. The highest BCUT2D eigenvalue weighted by atomic mass is 16.9. The van der Waals surface area contributed by atoms with Crippen LogP contribution in [-0.2, 0) is 56.8 Å². The lowest BCUT2D eigenvalue weighted by Crippen LogP contribution is -2.44. The maximum absolute atomic E-state index is 13.8. The lowest BCUT2D eigenvalue weighted by molar-refractivity contribution is -0.393. The molecule has 0 aromatic heterocycles. The molecule has 26 nitrogen and oxygen atoms in total. The molecule has 6 aromatic carbocycles. The van der Waals surface area contributed by atoms with Crippen LogP contribution in [-0.4, -0.2) is 244 Å². The first-order valence-electron chi connectivity index (χ1n) is 35.6. The second-order valence-electron chi connectivity index (χ2n) is 25.7. The Balaban J connectivity index is 0.808. The molecule has 7 N–H and O–H groups in total. The maximum atomic E-state index is 13.8. The maximum Gasteiger partial charge on any atom is 0.282 e. The van der Waals surface area contributed by atoms with E-state index in [1.807, 2.05) is 110 Å². The van der Waals surface area contributed by atoms with Crippen LogP contribution >= 0.6 is 0 Å². The minimum absolute atomic E-state index is 0.0682. The van der Waals surface area contributed by atoms with Gasteiger partial charge in [-0.3, -0.25) is 43.5 Å². The fourth-order valence-electron chi connectivity index (χ4n) is 12.3. The fraction of sp³-hybridized carbons (Fsp3) is 0.526. The van der Waals surface area contributed by atoms with E-state index in [1.54, 1.807) is 36.4 Å². The Labute approximate surface area is 596 Å². The minimum atomic E-state index is -1.57. The molecule has 0 aliphatic carbocycles. The van der Waals surface area contributed by atoms with Crippen LogP contribution in [0.15, 0.2) is 91.0 Å². The molecular formula is C76H102N8O18. The summed E-state index contributed by atoms with van der Waals surface area (Å²) >= 11 is 0. The molecule has 0 spiro atoms. The Morgan fingerprint density at radius 2 is 0.627 bits per heavy atom. The van der Waals surface area contributed by atoms with Crippen LogP contribution in [0.2, 0.25) is 0 Å². The molecule has 3 heterocycles. The third-order valence-electron chi connectivity index (χ3n) is 17.5. The summed E-state index contributed by atoms with van der Waals surface area (Å²) in [6, 6.07) is 26.4. The highest BCUT2D eigenvalue weighted by molar-refractivity contribution is 6.29. The van der Waals surface area contributed by atoms with Gasteiger partial charge in [-0.05, 0) is 103 Å². The molecule has 3 aliphatic heterocycles. The van der Waals surface area contributed by atoms with Crippen LogP contribution in [0, 0.1) is 0 Å². The van der Waals surface area contributed by atoms with Crippen molar-refractivity contribution in [1.82, 2.24) is 14.7 Å². The Morgan fingerprint density at radius 3 is 0.902 bits per heavy atom. The Bertz CT molecular complexity index is 3370. The molecule has 102 heavy (non-hydrogen) atoms. The van der Waals surface area contributed by atoms with Crippen LogP contribution in [0.25, 0.3) is 32.3 Å². The molecule has 0 radical (unpaired) electrons. The second-order valence-corrected chi connectivity index (χ2v) is 25.7. The van der Waals surface area contributed by atoms with Crippen molar-refractivity contribution >= 4 is 84.8 Å². The number of nitrogens with two attached hydrogens (primary N) is 2. The van der Waals surface area contributed by atoms with E-state index in [9.17, 15) is 28.8 Å². The average Bonchev–Trinajstić information content (AvgIpc) is 0.756. The van der Waals surface area contributed by atoms with E-state index < -0.39 is 24.3 Å². The van der Waals surface area contributed by atoms with Crippen molar-refractivity contribution in [3.8, 4) is 0 Å². The summed E-state index contributed by atoms with van der Waals surface area (Å²) < 4.78 is 72.3. The number of hydrogen-bond donors (Lipinski definition) is 5. The lowest BCUT2D eigenvalue weighted by Gasteiger charge is -2.35. The summed E-state index contributed by atoms with van der Waals surface area (Å²) in [6.45, 7) is 21.8. The summed E-state index contributed by atoms with van der Waals surface area (Å²) in [4.78, 5) is 86.4. The molecule has 26 heteroatoms. The predicted octanol–water partition coefficient (Wildman–Crippen LogP) is 8.49. The zero-order valence-corrected chi connectivity index (χ0v) is 60.1. The van der Waals surface area contributed by atoms with Gasteiger partial charge in [0.25, 0.3) is 41.4 Å². The van der Waals surface area contributed by atoms with E-state index in [4.69, 9.17) is 68.3 Å². The van der Waals surface area contributed by atoms with E-state index >= 15 is 0 Å². The molecule has 0 saturated heterocycles. The molecule has 0 saturated carbocycles. The van der Waals surface area contributed by atoms with E-state index in [2.05, 4.69) is 16.0 Å². The van der Waals surface area contributed by atoms with Gasteiger partial charge in [0.15, 0.2) is 0 Å². The van der Waals surface area contributed by atoms with E-state index in [-0.39, 0.29) is 139 Å². The van der Waals surface area contributed by atoms with Crippen LogP contribution in [0.5, 0.6) is 0 Å². The number of hydrogen-bond acceptors (Lipinski definition) is 23. The highest BCUT2D eigenvalue weighted by Gasteiger charge is 2.38. The van der Waals surface area contributed by atoms with Crippen LogP contribution in [0.1, 0.15) is 130 Å². The van der Waals surface area contributed by atoms with Gasteiger partial charge >= 0.3 is 0 Å². The summed E-state index contributed by atoms with van der Waals surface area (Å²) in [5.41, 5.74) is 15.8. The molecule has 9 rings (SSSR count). The molecule has 0 bridgehead atoms. The van der Waals surface area contributed by atoms with Gasteiger partial charge in [0.1, 0.15) is 0 Å². The summed E-state index contributed by atoms with van der Waals surface area (Å²) in [5.74, 6) is -3.87. The van der Waals surface area contributed by atoms with Gasteiger partial charge in [0, 0.05) is 127 Å². The first-order valence-corrected chi connectivity index (χ1v) is 35.6. The number of carbonyl (C=O) groups is 6. The molecule has 0 fully saturated rings. The number of ether oxygens (including phenoxy) is 12. The number of rotatable bonds is 49. The van der Waals surface area contributed by atoms with Crippen LogP contribution in [0.4, 0.5) is 17.1 Å². The Morgan fingerprint density at radius 1 is 0.353 bits per heavy atom. The molecule has 3 aliphatic rings. The Kier molecular flexibility index (Phi) is 29.8. The SMILES string of the molecule is CCCOCCOCCN1C(=O)c2cccc3c(NC(C)COC(C)COC(CC)(OCC(C)OCC(C)Nc4ccc5c6c(cccc46)C(=O)N(CCOCCOCCN)C5=O)OCC(C)OCC(C)Nc4ccc5c6c(cccc46)C(=O)N(CCOCCOCCN)C5=O)ccc(c23)C1=O.